The van der Waals surface area contributed by atoms with Gasteiger partial charge in [-0.2, -0.15) is 0 Å². The number of hydrogen-bond acceptors (Lipinski definition) is 4. The molecule has 1 aliphatic heterocycles. The van der Waals surface area contributed by atoms with E-state index in [-0.39, 0.29) is 42.1 Å². The lowest BCUT2D eigenvalue weighted by Gasteiger charge is -2.27. The molecule has 0 saturated carbocycles. The van der Waals surface area contributed by atoms with E-state index in [1.54, 1.807) is 16.7 Å². The van der Waals surface area contributed by atoms with Crippen molar-refractivity contribution in [2.75, 3.05) is 24.2 Å². The van der Waals surface area contributed by atoms with Crippen LogP contribution in [0.15, 0.2) is 29.2 Å². The fraction of sp³-hybridized carbons (Fsp3) is 0.556. The Morgan fingerprint density at radius 1 is 1.32 bits per heavy atom. The number of rotatable bonds is 7. The zero-order valence-corrected chi connectivity index (χ0v) is 16.7. The van der Waals surface area contributed by atoms with Crippen LogP contribution in [0.3, 0.4) is 0 Å². The molecule has 1 heterocycles. The number of anilines is 1. The monoisotopic (exact) mass is 385 g/mol. The van der Waals surface area contributed by atoms with E-state index in [0.717, 1.165) is 23.4 Å². The van der Waals surface area contributed by atoms with E-state index >= 15 is 0 Å². The molecular formula is C18H28ClN3O2S. The third-order valence-electron chi connectivity index (χ3n) is 4.90. The van der Waals surface area contributed by atoms with E-state index in [1.165, 1.54) is 0 Å². The van der Waals surface area contributed by atoms with E-state index in [9.17, 15) is 9.59 Å². The SMILES string of the molecule is CCC(N)(CC)CNC(=O)C1CC(=O)N(c2ccc(SC)cc2)C1.Cl. The predicted molar refractivity (Wildman–Crippen MR) is 106 cm³/mol. The van der Waals surface area contributed by atoms with Crippen molar-refractivity contribution in [3.8, 4) is 0 Å². The second-order valence-corrected chi connectivity index (χ2v) is 7.27. The molecule has 1 fully saturated rings. The lowest BCUT2D eigenvalue weighted by molar-refractivity contribution is -0.126. The summed E-state index contributed by atoms with van der Waals surface area (Å²) in [6.07, 6.45) is 3.88. The highest BCUT2D eigenvalue weighted by Gasteiger charge is 2.35. The molecule has 1 unspecified atom stereocenters. The summed E-state index contributed by atoms with van der Waals surface area (Å²) in [5, 5.41) is 2.93. The molecule has 1 aromatic rings. The number of benzene rings is 1. The summed E-state index contributed by atoms with van der Waals surface area (Å²) >= 11 is 1.66. The molecular weight excluding hydrogens is 358 g/mol. The van der Waals surface area contributed by atoms with E-state index in [4.69, 9.17) is 5.73 Å². The molecule has 0 spiro atoms. The number of nitrogens with one attached hydrogen (secondary N) is 1. The second-order valence-electron chi connectivity index (χ2n) is 6.39. The van der Waals surface area contributed by atoms with Crippen LogP contribution in [0.1, 0.15) is 33.1 Å². The van der Waals surface area contributed by atoms with Crippen LogP contribution in [0.25, 0.3) is 0 Å². The van der Waals surface area contributed by atoms with Crippen LogP contribution >= 0.6 is 24.2 Å². The third kappa shape index (κ3) is 5.36. The van der Waals surface area contributed by atoms with Crippen molar-refractivity contribution in [2.24, 2.45) is 11.7 Å². The first kappa shape index (κ1) is 21.8. The Hall–Kier alpha value is -1.24. The van der Waals surface area contributed by atoms with Gasteiger partial charge in [0.1, 0.15) is 0 Å². The highest BCUT2D eigenvalue weighted by atomic mass is 35.5. The smallest absolute Gasteiger partial charge is 0.227 e. The molecule has 7 heteroatoms. The topological polar surface area (TPSA) is 75.4 Å². The number of amides is 2. The van der Waals surface area contributed by atoms with Crippen molar-refractivity contribution < 1.29 is 9.59 Å². The summed E-state index contributed by atoms with van der Waals surface area (Å²) in [4.78, 5) is 27.5. The van der Waals surface area contributed by atoms with Crippen molar-refractivity contribution in [1.82, 2.24) is 5.32 Å². The fourth-order valence-electron chi connectivity index (χ4n) is 2.80. The molecule has 2 amide bonds. The van der Waals surface area contributed by atoms with Gasteiger partial charge in [-0.3, -0.25) is 9.59 Å². The molecule has 25 heavy (non-hydrogen) atoms. The van der Waals surface area contributed by atoms with E-state index in [0.29, 0.717) is 13.1 Å². The minimum absolute atomic E-state index is 0. The van der Waals surface area contributed by atoms with E-state index in [1.807, 2.05) is 44.4 Å². The average Bonchev–Trinajstić information content (AvgIpc) is 3.01. The molecule has 3 N–H and O–H groups in total. The normalized spacial score (nSPS) is 17.4. The molecule has 1 aromatic carbocycles. The standard InChI is InChI=1S/C18H27N3O2S.ClH/c1-4-18(19,5-2)12-20-17(23)13-10-16(22)21(11-13)14-6-8-15(24-3)9-7-14;/h6-9,13H,4-5,10-12,19H2,1-3H3,(H,20,23);1H. The molecule has 0 bridgehead atoms. The molecule has 140 valence electrons. The Balaban J connectivity index is 0.00000312. The minimum Gasteiger partial charge on any atom is -0.354 e. The van der Waals surface area contributed by atoms with Crippen LogP contribution in [-0.4, -0.2) is 36.7 Å². The van der Waals surface area contributed by atoms with Gasteiger partial charge in [-0.25, -0.2) is 0 Å². The summed E-state index contributed by atoms with van der Waals surface area (Å²) in [5.74, 6) is -0.393. The molecule has 5 nitrogen and oxygen atoms in total. The molecule has 1 saturated heterocycles. The molecule has 1 aliphatic rings. The lowest BCUT2D eigenvalue weighted by atomic mass is 9.94. The molecule has 2 rings (SSSR count). The van der Waals surface area contributed by atoms with Crippen molar-refractivity contribution in [2.45, 2.75) is 43.5 Å². The van der Waals surface area contributed by atoms with Crippen LogP contribution in [0.2, 0.25) is 0 Å². The quantitative estimate of drug-likeness (QED) is 0.707. The maximum absolute atomic E-state index is 12.4. The van der Waals surface area contributed by atoms with Crippen LogP contribution in [0.5, 0.6) is 0 Å². The van der Waals surface area contributed by atoms with Gasteiger partial charge in [0.25, 0.3) is 0 Å². The summed E-state index contributed by atoms with van der Waals surface area (Å²) < 4.78 is 0. The second kappa shape index (κ2) is 9.46. The van der Waals surface area contributed by atoms with Gasteiger partial charge in [0.05, 0.1) is 5.92 Å². The number of nitrogens with two attached hydrogens (primary N) is 1. The fourth-order valence-corrected chi connectivity index (χ4v) is 3.21. The van der Waals surface area contributed by atoms with Crippen molar-refractivity contribution in [3.63, 3.8) is 0 Å². The number of hydrogen-bond donors (Lipinski definition) is 2. The molecule has 0 radical (unpaired) electrons. The van der Waals surface area contributed by atoms with Crippen LogP contribution < -0.4 is 16.0 Å². The Bertz CT molecular complexity index is 590. The first-order chi connectivity index (χ1) is 11.4. The van der Waals surface area contributed by atoms with E-state index in [2.05, 4.69) is 5.32 Å². The maximum atomic E-state index is 12.4. The number of carbonyl (C=O) groups excluding carboxylic acids is 2. The number of halogens is 1. The zero-order valence-electron chi connectivity index (χ0n) is 15.1. The van der Waals surface area contributed by atoms with Gasteiger partial charge < -0.3 is 16.0 Å². The highest BCUT2D eigenvalue weighted by molar-refractivity contribution is 7.98. The highest BCUT2D eigenvalue weighted by Crippen LogP contribution is 2.27. The number of nitrogens with zero attached hydrogens (tertiary/aromatic N) is 1. The lowest BCUT2D eigenvalue weighted by Crippen LogP contribution is -2.50. The van der Waals surface area contributed by atoms with Crippen molar-refractivity contribution in [1.29, 1.82) is 0 Å². The van der Waals surface area contributed by atoms with Crippen molar-refractivity contribution in [3.05, 3.63) is 24.3 Å². The Morgan fingerprint density at radius 2 is 1.92 bits per heavy atom. The van der Waals surface area contributed by atoms with Gasteiger partial charge in [0, 0.05) is 35.6 Å². The number of carbonyl (C=O) groups is 2. The summed E-state index contributed by atoms with van der Waals surface area (Å²) in [6, 6.07) is 7.85. The summed E-state index contributed by atoms with van der Waals surface area (Å²) in [6.45, 7) is 4.93. The van der Waals surface area contributed by atoms with Crippen LogP contribution in [-0.2, 0) is 9.59 Å². The van der Waals surface area contributed by atoms with Gasteiger partial charge in [-0.1, -0.05) is 13.8 Å². The molecule has 1 atom stereocenters. The minimum atomic E-state index is -0.369. The van der Waals surface area contributed by atoms with Gasteiger partial charge >= 0.3 is 0 Å². The van der Waals surface area contributed by atoms with Crippen LogP contribution in [0.4, 0.5) is 5.69 Å². The average molecular weight is 386 g/mol. The van der Waals surface area contributed by atoms with Crippen LogP contribution in [0, 0.1) is 5.92 Å². The van der Waals surface area contributed by atoms with Gasteiger partial charge in [0.15, 0.2) is 0 Å². The number of thioether (sulfide) groups is 1. The van der Waals surface area contributed by atoms with Crippen molar-refractivity contribution >= 4 is 41.7 Å². The Kier molecular flexibility index (Phi) is 8.25. The van der Waals surface area contributed by atoms with Gasteiger partial charge in [-0.15, -0.1) is 24.2 Å². The largest absolute Gasteiger partial charge is 0.354 e. The Labute approximate surface area is 160 Å². The molecule has 0 aliphatic carbocycles. The van der Waals surface area contributed by atoms with Gasteiger partial charge in [0.2, 0.25) is 11.8 Å². The van der Waals surface area contributed by atoms with Gasteiger partial charge in [-0.05, 0) is 43.4 Å². The summed E-state index contributed by atoms with van der Waals surface area (Å²) in [5.41, 5.74) is 6.70. The zero-order chi connectivity index (χ0) is 17.7. The third-order valence-corrected chi connectivity index (χ3v) is 5.65. The maximum Gasteiger partial charge on any atom is 0.227 e. The first-order valence-electron chi connectivity index (χ1n) is 8.43. The first-order valence-corrected chi connectivity index (χ1v) is 9.66. The summed E-state index contributed by atoms with van der Waals surface area (Å²) in [7, 11) is 0. The molecule has 0 aromatic heterocycles. The van der Waals surface area contributed by atoms with E-state index < -0.39 is 0 Å². The predicted octanol–water partition coefficient (Wildman–Crippen LogP) is 2.82. The Morgan fingerprint density at radius 3 is 2.44 bits per heavy atom.